The van der Waals surface area contributed by atoms with Crippen LogP contribution in [0.4, 0.5) is 5.69 Å². The molecule has 1 aromatic carbocycles. The van der Waals surface area contributed by atoms with Gasteiger partial charge in [-0.05, 0) is 37.1 Å². The maximum absolute atomic E-state index is 11.3. The Morgan fingerprint density at radius 2 is 2.26 bits per heavy atom. The maximum atomic E-state index is 11.3. The largest absolute Gasteiger partial charge is 0.482 e. The SMILES string of the molecule is NCCC1CC(c2ccc3c(c2)NC(=O)CO3)NN1. The smallest absolute Gasteiger partial charge is 0.262 e. The molecule has 1 aromatic rings. The number of hydrogen-bond donors (Lipinski definition) is 4. The number of hydrogen-bond acceptors (Lipinski definition) is 5. The van der Waals surface area contributed by atoms with E-state index in [1.54, 1.807) is 0 Å². The molecule has 6 nitrogen and oxygen atoms in total. The third-order valence-corrected chi connectivity index (χ3v) is 3.54. The number of rotatable bonds is 3. The number of nitrogens with two attached hydrogens (primary N) is 1. The molecule has 1 fully saturated rings. The van der Waals surface area contributed by atoms with Crippen molar-refractivity contribution in [2.45, 2.75) is 24.9 Å². The number of benzene rings is 1. The lowest BCUT2D eigenvalue weighted by atomic mass is 9.99. The summed E-state index contributed by atoms with van der Waals surface area (Å²) in [4.78, 5) is 11.3. The standard InChI is InChI=1S/C13H18N4O2/c14-4-3-9-6-10(17-16-9)8-1-2-12-11(5-8)15-13(18)7-19-12/h1-2,5,9-10,16-17H,3-4,6-7,14H2,(H,15,18). The summed E-state index contributed by atoms with van der Waals surface area (Å²) in [7, 11) is 0. The van der Waals surface area contributed by atoms with Crippen molar-refractivity contribution in [1.29, 1.82) is 0 Å². The van der Waals surface area contributed by atoms with Crippen molar-refractivity contribution in [3.63, 3.8) is 0 Å². The van der Waals surface area contributed by atoms with Crippen LogP contribution in [0.2, 0.25) is 0 Å². The second-order valence-corrected chi connectivity index (χ2v) is 4.94. The van der Waals surface area contributed by atoms with E-state index in [4.69, 9.17) is 10.5 Å². The molecular weight excluding hydrogens is 244 g/mol. The quantitative estimate of drug-likeness (QED) is 0.628. The van der Waals surface area contributed by atoms with Crippen molar-refractivity contribution in [1.82, 2.24) is 10.9 Å². The van der Waals surface area contributed by atoms with Crippen molar-refractivity contribution in [3.05, 3.63) is 23.8 Å². The lowest BCUT2D eigenvalue weighted by molar-refractivity contribution is -0.118. The Hall–Kier alpha value is -1.63. The zero-order chi connectivity index (χ0) is 13.2. The van der Waals surface area contributed by atoms with Gasteiger partial charge in [0, 0.05) is 12.1 Å². The molecule has 5 N–H and O–H groups in total. The van der Waals surface area contributed by atoms with E-state index in [0.717, 1.165) is 29.8 Å². The Labute approximate surface area is 111 Å². The van der Waals surface area contributed by atoms with Gasteiger partial charge in [0.1, 0.15) is 5.75 Å². The van der Waals surface area contributed by atoms with E-state index in [1.165, 1.54) is 0 Å². The molecule has 0 bridgehead atoms. The number of hydrazine groups is 1. The lowest BCUT2D eigenvalue weighted by Gasteiger charge is -2.20. The summed E-state index contributed by atoms with van der Waals surface area (Å²) in [6, 6.07) is 6.54. The van der Waals surface area contributed by atoms with Crippen LogP contribution < -0.4 is 26.6 Å². The van der Waals surface area contributed by atoms with E-state index < -0.39 is 0 Å². The molecular formula is C13H18N4O2. The number of carbonyl (C=O) groups is 1. The molecule has 2 heterocycles. The summed E-state index contributed by atoms with van der Waals surface area (Å²) in [6.07, 6.45) is 1.94. The van der Waals surface area contributed by atoms with E-state index in [2.05, 4.69) is 16.2 Å². The van der Waals surface area contributed by atoms with Gasteiger partial charge in [0.05, 0.1) is 5.69 Å². The maximum Gasteiger partial charge on any atom is 0.262 e. The molecule has 102 valence electrons. The first-order valence-corrected chi connectivity index (χ1v) is 6.54. The molecule has 3 rings (SSSR count). The minimum atomic E-state index is -0.108. The zero-order valence-corrected chi connectivity index (χ0v) is 10.6. The van der Waals surface area contributed by atoms with Gasteiger partial charge in [-0.15, -0.1) is 0 Å². The van der Waals surface area contributed by atoms with Gasteiger partial charge in [-0.1, -0.05) is 6.07 Å². The van der Waals surface area contributed by atoms with E-state index in [-0.39, 0.29) is 18.6 Å². The summed E-state index contributed by atoms with van der Waals surface area (Å²) in [6.45, 7) is 0.772. The van der Waals surface area contributed by atoms with Gasteiger partial charge in [-0.3, -0.25) is 15.6 Å². The molecule has 0 radical (unpaired) electrons. The minimum Gasteiger partial charge on any atom is -0.482 e. The Morgan fingerprint density at radius 3 is 3.11 bits per heavy atom. The van der Waals surface area contributed by atoms with Gasteiger partial charge in [0.25, 0.3) is 5.91 Å². The number of carbonyl (C=O) groups excluding carboxylic acids is 1. The molecule has 0 aliphatic carbocycles. The highest BCUT2D eigenvalue weighted by atomic mass is 16.5. The topological polar surface area (TPSA) is 88.4 Å². The number of amides is 1. The summed E-state index contributed by atoms with van der Waals surface area (Å²) < 4.78 is 5.35. The second kappa shape index (κ2) is 5.16. The first-order valence-electron chi connectivity index (χ1n) is 6.54. The molecule has 1 saturated heterocycles. The van der Waals surface area contributed by atoms with Gasteiger partial charge >= 0.3 is 0 Å². The van der Waals surface area contributed by atoms with E-state index in [9.17, 15) is 4.79 Å². The minimum absolute atomic E-state index is 0.0914. The molecule has 2 unspecified atom stereocenters. The van der Waals surface area contributed by atoms with Crippen LogP contribution in [-0.2, 0) is 4.79 Å². The van der Waals surface area contributed by atoms with Crippen LogP contribution in [0.5, 0.6) is 5.75 Å². The Balaban J connectivity index is 1.75. The van der Waals surface area contributed by atoms with Crippen molar-refractivity contribution in [3.8, 4) is 5.75 Å². The Morgan fingerprint density at radius 1 is 1.37 bits per heavy atom. The van der Waals surface area contributed by atoms with Gasteiger partial charge in [-0.25, -0.2) is 0 Å². The third kappa shape index (κ3) is 2.56. The average molecular weight is 262 g/mol. The number of fused-ring (bicyclic) bond motifs is 1. The highest BCUT2D eigenvalue weighted by molar-refractivity contribution is 5.95. The van der Waals surface area contributed by atoms with Crippen LogP contribution in [0, 0.1) is 0 Å². The highest BCUT2D eigenvalue weighted by Gasteiger charge is 2.25. The van der Waals surface area contributed by atoms with Crippen LogP contribution in [0.3, 0.4) is 0 Å². The molecule has 1 amide bonds. The molecule has 2 aliphatic rings. The molecule has 19 heavy (non-hydrogen) atoms. The van der Waals surface area contributed by atoms with Crippen LogP contribution in [0.1, 0.15) is 24.4 Å². The fourth-order valence-corrected chi connectivity index (χ4v) is 2.55. The van der Waals surface area contributed by atoms with E-state index in [1.807, 2.05) is 18.2 Å². The number of nitrogens with one attached hydrogen (secondary N) is 3. The van der Waals surface area contributed by atoms with Crippen LogP contribution in [0.15, 0.2) is 18.2 Å². The summed E-state index contributed by atoms with van der Waals surface area (Å²) in [5.41, 5.74) is 14.0. The first-order chi connectivity index (χ1) is 9.26. The molecule has 6 heteroatoms. The third-order valence-electron chi connectivity index (χ3n) is 3.54. The van der Waals surface area contributed by atoms with Gasteiger partial charge < -0.3 is 15.8 Å². The van der Waals surface area contributed by atoms with Crippen molar-refractivity contribution in [2.24, 2.45) is 5.73 Å². The highest BCUT2D eigenvalue weighted by Crippen LogP contribution is 2.32. The van der Waals surface area contributed by atoms with Crippen molar-refractivity contribution in [2.75, 3.05) is 18.5 Å². The first kappa shape index (κ1) is 12.4. The van der Waals surface area contributed by atoms with E-state index >= 15 is 0 Å². The number of ether oxygens (including phenoxy) is 1. The molecule has 2 atom stereocenters. The normalized spacial score (nSPS) is 25.6. The monoisotopic (exact) mass is 262 g/mol. The van der Waals surface area contributed by atoms with Gasteiger partial charge in [0.15, 0.2) is 6.61 Å². The fraction of sp³-hybridized carbons (Fsp3) is 0.462. The molecule has 0 saturated carbocycles. The number of anilines is 1. The Bertz CT molecular complexity index is 492. The van der Waals surface area contributed by atoms with Crippen molar-refractivity contribution >= 4 is 11.6 Å². The predicted octanol–water partition coefficient (Wildman–Crippen LogP) is 0.274. The zero-order valence-electron chi connectivity index (χ0n) is 10.6. The molecule has 0 aromatic heterocycles. The van der Waals surface area contributed by atoms with Crippen LogP contribution in [0.25, 0.3) is 0 Å². The van der Waals surface area contributed by atoms with Gasteiger partial charge in [-0.2, -0.15) is 0 Å². The molecule has 0 spiro atoms. The predicted molar refractivity (Wildman–Crippen MR) is 71.7 cm³/mol. The fourth-order valence-electron chi connectivity index (χ4n) is 2.55. The van der Waals surface area contributed by atoms with Crippen LogP contribution >= 0.6 is 0 Å². The lowest BCUT2D eigenvalue weighted by Crippen LogP contribution is -2.32. The summed E-state index contributed by atoms with van der Waals surface area (Å²) in [5, 5.41) is 2.83. The Kier molecular flexibility index (Phi) is 3.37. The van der Waals surface area contributed by atoms with Crippen molar-refractivity contribution < 1.29 is 9.53 Å². The second-order valence-electron chi connectivity index (χ2n) is 4.94. The molecule has 2 aliphatic heterocycles. The summed E-state index contributed by atoms with van der Waals surface area (Å²) in [5.74, 6) is 0.621. The van der Waals surface area contributed by atoms with Gasteiger partial charge in [0.2, 0.25) is 0 Å². The van der Waals surface area contributed by atoms with Crippen LogP contribution in [-0.4, -0.2) is 25.1 Å². The summed E-state index contributed by atoms with van der Waals surface area (Å²) >= 11 is 0. The van der Waals surface area contributed by atoms with E-state index in [0.29, 0.717) is 12.6 Å². The average Bonchev–Trinajstić information content (AvgIpc) is 2.87.